The fourth-order valence-electron chi connectivity index (χ4n) is 4.42. The van der Waals surface area contributed by atoms with E-state index < -0.39 is 11.7 Å². The third kappa shape index (κ3) is 11.7. The van der Waals surface area contributed by atoms with Gasteiger partial charge >= 0.3 is 6.09 Å². The van der Waals surface area contributed by atoms with Crippen molar-refractivity contribution in [3.05, 3.63) is 65.7 Å². The van der Waals surface area contributed by atoms with Crippen LogP contribution in [0, 0.1) is 0 Å². The van der Waals surface area contributed by atoms with E-state index in [0.717, 1.165) is 27.8 Å². The zero-order valence-corrected chi connectivity index (χ0v) is 26.6. The van der Waals surface area contributed by atoms with Crippen LogP contribution in [-0.2, 0) is 31.9 Å². The van der Waals surface area contributed by atoms with Gasteiger partial charge in [-0.2, -0.15) is 0 Å². The maximum absolute atomic E-state index is 12.6. The van der Waals surface area contributed by atoms with Gasteiger partial charge in [-0.05, 0) is 56.5 Å². The molecule has 0 aliphatic carbocycles. The second-order valence-electron chi connectivity index (χ2n) is 11.0. The van der Waals surface area contributed by atoms with E-state index in [9.17, 15) is 14.7 Å². The number of phenolic OH excluding ortho intramolecular Hbond substituents is 1. The Balaban J connectivity index is 1.66. The van der Waals surface area contributed by atoms with Gasteiger partial charge < -0.3 is 40.4 Å². The number of ether oxygens (including phenoxy) is 4. The first-order valence-electron chi connectivity index (χ1n) is 15.1. The zero-order valence-electron chi connectivity index (χ0n) is 26.6. The number of hydrogen-bond acceptors (Lipinski definition) is 10. The van der Waals surface area contributed by atoms with Gasteiger partial charge in [0.25, 0.3) is 5.91 Å². The van der Waals surface area contributed by atoms with Crippen molar-refractivity contribution in [2.45, 2.75) is 46.3 Å². The summed E-state index contributed by atoms with van der Waals surface area (Å²) in [5, 5.41) is 15.5. The highest BCUT2D eigenvalue weighted by molar-refractivity contribution is 5.92. The fourth-order valence-corrected chi connectivity index (χ4v) is 4.42. The molecule has 3 rings (SSSR count). The lowest BCUT2D eigenvalue weighted by molar-refractivity contribution is 0.0166. The molecule has 12 nitrogen and oxygen atoms in total. The molecule has 0 unspecified atom stereocenters. The highest BCUT2D eigenvalue weighted by Gasteiger charge is 2.20. The number of alkyl carbamates (subject to hydrolysis) is 1. The Hall–Kier alpha value is -4.10. The molecule has 2 heterocycles. The van der Waals surface area contributed by atoms with Crippen LogP contribution >= 0.6 is 0 Å². The lowest BCUT2D eigenvalue weighted by atomic mass is 9.90. The van der Waals surface area contributed by atoms with Crippen LogP contribution in [0.4, 0.5) is 4.79 Å². The quantitative estimate of drug-likeness (QED) is 0.162. The number of pyridine rings is 2. The van der Waals surface area contributed by atoms with Gasteiger partial charge in [0.05, 0.1) is 51.9 Å². The minimum Gasteiger partial charge on any atom is -0.508 e. The Bertz CT molecular complexity index is 1360. The maximum atomic E-state index is 12.6. The van der Waals surface area contributed by atoms with Crippen molar-refractivity contribution in [3.63, 3.8) is 0 Å². The number of aromatic hydroxyl groups is 1. The molecule has 45 heavy (non-hydrogen) atoms. The Kier molecular flexibility index (Phi) is 14.2. The second-order valence-corrected chi connectivity index (χ2v) is 11.0. The molecule has 12 heteroatoms. The number of benzene rings is 1. The summed E-state index contributed by atoms with van der Waals surface area (Å²) in [5.41, 5.74) is 9.97. The van der Waals surface area contributed by atoms with E-state index in [0.29, 0.717) is 64.8 Å². The Morgan fingerprint density at radius 3 is 2.09 bits per heavy atom. The summed E-state index contributed by atoms with van der Waals surface area (Å²) in [5.74, 6) is -0.158. The van der Waals surface area contributed by atoms with Crippen molar-refractivity contribution >= 4 is 12.0 Å². The molecule has 0 aliphatic rings. The van der Waals surface area contributed by atoms with Gasteiger partial charge in [-0.3, -0.25) is 14.8 Å². The van der Waals surface area contributed by atoms with Crippen LogP contribution in [-0.4, -0.2) is 85.4 Å². The van der Waals surface area contributed by atoms with Gasteiger partial charge in [0.1, 0.15) is 17.0 Å². The van der Waals surface area contributed by atoms with Gasteiger partial charge in [-0.25, -0.2) is 4.79 Å². The molecular weight excluding hydrogens is 578 g/mol. The molecule has 0 atom stereocenters. The third-order valence-electron chi connectivity index (χ3n) is 6.42. The first-order valence-corrected chi connectivity index (χ1v) is 15.1. The monoisotopic (exact) mass is 623 g/mol. The van der Waals surface area contributed by atoms with Crippen molar-refractivity contribution in [2.24, 2.45) is 5.73 Å². The smallest absolute Gasteiger partial charge is 0.407 e. The molecule has 0 radical (unpaired) electrons. The van der Waals surface area contributed by atoms with Gasteiger partial charge in [-0.1, -0.05) is 25.1 Å². The molecule has 0 bridgehead atoms. The maximum Gasteiger partial charge on any atom is 0.407 e. The van der Waals surface area contributed by atoms with Crippen LogP contribution in [0.5, 0.6) is 5.75 Å². The van der Waals surface area contributed by atoms with E-state index in [4.69, 9.17) is 29.7 Å². The number of nitrogens with one attached hydrogen (secondary N) is 2. The lowest BCUT2D eigenvalue weighted by Crippen LogP contribution is -2.32. The van der Waals surface area contributed by atoms with Gasteiger partial charge in [0, 0.05) is 42.2 Å². The summed E-state index contributed by atoms with van der Waals surface area (Å²) in [7, 11) is 0. The Morgan fingerprint density at radius 2 is 1.49 bits per heavy atom. The second kappa shape index (κ2) is 18.0. The van der Waals surface area contributed by atoms with Crippen LogP contribution in [0.15, 0.2) is 48.8 Å². The van der Waals surface area contributed by atoms with Crippen molar-refractivity contribution in [2.75, 3.05) is 52.7 Å². The van der Waals surface area contributed by atoms with E-state index in [1.165, 1.54) is 0 Å². The normalized spacial score (nSPS) is 11.3. The SMILES string of the molecule is CCc1c(-c2ccc(C(=O)NCCOCCOCCOCCN)nc2)cnc(CNC(=O)OC(C)(C)C)c1-c1ccc(O)cc1. The molecule has 0 saturated carbocycles. The van der Waals surface area contributed by atoms with E-state index >= 15 is 0 Å². The number of nitrogens with zero attached hydrogens (tertiary/aromatic N) is 2. The van der Waals surface area contributed by atoms with Crippen molar-refractivity contribution in [1.29, 1.82) is 0 Å². The number of carbonyl (C=O) groups is 2. The highest BCUT2D eigenvalue weighted by Crippen LogP contribution is 2.35. The first-order chi connectivity index (χ1) is 21.6. The van der Waals surface area contributed by atoms with Crippen LogP contribution in [0.1, 0.15) is 49.4 Å². The molecule has 2 aromatic heterocycles. The third-order valence-corrected chi connectivity index (χ3v) is 6.42. The minimum atomic E-state index is -0.629. The number of nitrogens with two attached hydrogens (primary N) is 1. The number of phenols is 1. The molecule has 0 spiro atoms. The summed E-state index contributed by atoms with van der Waals surface area (Å²) in [6.07, 6.45) is 3.51. The van der Waals surface area contributed by atoms with E-state index in [1.54, 1.807) is 51.4 Å². The topological polar surface area (TPSA) is 167 Å². The molecule has 0 saturated heterocycles. The summed E-state index contributed by atoms with van der Waals surface area (Å²) < 4.78 is 21.5. The van der Waals surface area contributed by atoms with Gasteiger partial charge in [0.15, 0.2) is 0 Å². The molecule has 1 aromatic carbocycles. The van der Waals surface area contributed by atoms with Gasteiger partial charge in [-0.15, -0.1) is 0 Å². The summed E-state index contributed by atoms with van der Waals surface area (Å²) in [6.45, 7) is 11.1. The molecule has 0 fully saturated rings. The number of carbonyl (C=O) groups excluding carboxylic acids is 2. The summed E-state index contributed by atoms with van der Waals surface area (Å²) in [4.78, 5) is 34.1. The number of hydrogen-bond donors (Lipinski definition) is 4. The number of rotatable bonds is 17. The summed E-state index contributed by atoms with van der Waals surface area (Å²) >= 11 is 0. The standard InChI is InChI=1S/C33H45N5O7/c1-5-26-27(21-37-29(22-38-32(41)45-33(2,3)4)30(26)23-6-9-25(39)10-7-23)24-8-11-28(36-20-24)31(40)35-13-15-43-17-19-44-18-16-42-14-12-34/h6-11,20-21,39H,5,12-19,22,34H2,1-4H3,(H,35,40)(H,38,41). The van der Waals surface area contributed by atoms with E-state index in [1.807, 2.05) is 25.1 Å². The lowest BCUT2D eigenvalue weighted by Gasteiger charge is -2.21. The van der Waals surface area contributed by atoms with E-state index in [-0.39, 0.29) is 23.9 Å². The van der Waals surface area contributed by atoms with Crippen LogP contribution < -0.4 is 16.4 Å². The van der Waals surface area contributed by atoms with Gasteiger partial charge in [0.2, 0.25) is 0 Å². The van der Waals surface area contributed by atoms with Crippen LogP contribution in [0.3, 0.4) is 0 Å². The fraction of sp³-hybridized carbons (Fsp3) is 0.455. The molecule has 244 valence electrons. The van der Waals surface area contributed by atoms with Crippen molar-refractivity contribution in [3.8, 4) is 28.0 Å². The molecular formula is C33H45N5O7. The summed E-state index contributed by atoms with van der Waals surface area (Å²) in [6, 6.07) is 10.4. The predicted octanol–water partition coefficient (Wildman–Crippen LogP) is 3.84. The van der Waals surface area contributed by atoms with Crippen molar-refractivity contribution in [1.82, 2.24) is 20.6 Å². The highest BCUT2D eigenvalue weighted by atomic mass is 16.6. The number of aromatic nitrogens is 2. The Morgan fingerprint density at radius 1 is 0.844 bits per heavy atom. The molecule has 5 N–H and O–H groups in total. The average molecular weight is 624 g/mol. The predicted molar refractivity (Wildman–Crippen MR) is 171 cm³/mol. The largest absolute Gasteiger partial charge is 0.508 e. The average Bonchev–Trinajstić information content (AvgIpc) is 3.01. The van der Waals surface area contributed by atoms with Crippen molar-refractivity contribution < 1.29 is 33.6 Å². The molecule has 0 aliphatic heterocycles. The van der Waals surface area contributed by atoms with Crippen LogP contribution in [0.2, 0.25) is 0 Å². The molecule has 3 aromatic rings. The minimum absolute atomic E-state index is 0.147. The Labute approximate surface area is 264 Å². The van der Waals surface area contributed by atoms with Crippen LogP contribution in [0.25, 0.3) is 22.3 Å². The first kappa shape index (κ1) is 35.4. The van der Waals surface area contributed by atoms with E-state index in [2.05, 4.69) is 15.6 Å². The number of amides is 2. The molecule has 2 amide bonds. The zero-order chi connectivity index (χ0) is 32.7.